The molecule has 0 saturated carbocycles. The first-order valence-electron chi connectivity index (χ1n) is 10.0. The number of carbonyl (C=O) groups excluding carboxylic acids is 1. The summed E-state index contributed by atoms with van der Waals surface area (Å²) in [4.78, 5) is 12.6. The quantitative estimate of drug-likeness (QED) is 0.566. The fourth-order valence-corrected chi connectivity index (χ4v) is 4.05. The molecular formula is C22H30N2O6S. The average molecular weight is 451 g/mol. The van der Waals surface area contributed by atoms with Gasteiger partial charge in [-0.25, -0.2) is 8.42 Å². The summed E-state index contributed by atoms with van der Waals surface area (Å²) in [6.45, 7) is 6.28. The van der Waals surface area contributed by atoms with Crippen molar-refractivity contribution in [3.05, 3.63) is 48.0 Å². The molecule has 1 amide bonds. The molecule has 2 aromatic carbocycles. The first-order chi connectivity index (χ1) is 14.7. The Morgan fingerprint density at radius 2 is 1.65 bits per heavy atom. The number of nitrogens with zero attached hydrogens (tertiary/aromatic N) is 1. The first kappa shape index (κ1) is 24.5. The van der Waals surface area contributed by atoms with Crippen LogP contribution in [0.3, 0.4) is 0 Å². The summed E-state index contributed by atoms with van der Waals surface area (Å²) in [7, 11) is -0.933. The second-order valence-corrected chi connectivity index (χ2v) is 8.84. The van der Waals surface area contributed by atoms with E-state index in [9.17, 15) is 13.2 Å². The third-order valence-electron chi connectivity index (χ3n) is 4.58. The molecule has 0 saturated heterocycles. The maximum absolute atomic E-state index is 12.7. The van der Waals surface area contributed by atoms with Gasteiger partial charge in [-0.15, -0.1) is 0 Å². The van der Waals surface area contributed by atoms with Gasteiger partial charge in [-0.1, -0.05) is 6.07 Å². The number of hydrogen-bond donors (Lipinski definition) is 1. The van der Waals surface area contributed by atoms with E-state index in [2.05, 4.69) is 5.32 Å². The van der Waals surface area contributed by atoms with Crippen LogP contribution in [-0.2, 0) is 14.8 Å². The molecule has 1 atom stereocenters. The van der Waals surface area contributed by atoms with E-state index >= 15 is 0 Å². The molecule has 0 aromatic heterocycles. The third-order valence-corrected chi connectivity index (χ3v) is 6.40. The lowest BCUT2D eigenvalue weighted by molar-refractivity contribution is -0.121. The Labute approximate surface area is 184 Å². The summed E-state index contributed by atoms with van der Waals surface area (Å²) in [5.41, 5.74) is 0.820. The number of nitrogens with one attached hydrogen (secondary N) is 1. The second kappa shape index (κ2) is 11.0. The van der Waals surface area contributed by atoms with Gasteiger partial charge in [0.1, 0.15) is 5.75 Å². The zero-order chi connectivity index (χ0) is 23.0. The van der Waals surface area contributed by atoms with Crippen LogP contribution in [0.25, 0.3) is 0 Å². The molecule has 170 valence electrons. The Kier molecular flexibility index (Phi) is 8.70. The molecule has 0 aliphatic heterocycles. The maximum atomic E-state index is 12.7. The van der Waals surface area contributed by atoms with E-state index in [0.29, 0.717) is 30.5 Å². The van der Waals surface area contributed by atoms with Gasteiger partial charge >= 0.3 is 0 Å². The minimum atomic E-state index is -3.81. The molecule has 0 spiro atoms. The van der Waals surface area contributed by atoms with Gasteiger partial charge < -0.3 is 19.5 Å². The van der Waals surface area contributed by atoms with Gasteiger partial charge in [0.2, 0.25) is 15.9 Å². The number of sulfonamides is 1. The number of amides is 1. The zero-order valence-electron chi connectivity index (χ0n) is 18.5. The fraction of sp³-hybridized carbons (Fsp3) is 0.409. The highest BCUT2D eigenvalue weighted by Gasteiger charge is 2.24. The molecule has 31 heavy (non-hydrogen) atoms. The molecule has 0 aliphatic rings. The van der Waals surface area contributed by atoms with Crippen molar-refractivity contribution in [2.75, 3.05) is 33.9 Å². The number of carbonyl (C=O) groups is 1. The van der Waals surface area contributed by atoms with Crippen molar-refractivity contribution in [2.45, 2.75) is 31.7 Å². The van der Waals surface area contributed by atoms with Gasteiger partial charge in [-0.3, -0.25) is 4.79 Å². The number of benzene rings is 2. The summed E-state index contributed by atoms with van der Waals surface area (Å²) in [6.07, 6.45) is 0. The van der Waals surface area contributed by atoms with E-state index in [4.69, 9.17) is 14.2 Å². The Morgan fingerprint density at radius 3 is 2.23 bits per heavy atom. The van der Waals surface area contributed by atoms with Crippen LogP contribution < -0.4 is 19.5 Å². The van der Waals surface area contributed by atoms with E-state index in [-0.39, 0.29) is 17.5 Å². The average Bonchev–Trinajstić information content (AvgIpc) is 2.75. The van der Waals surface area contributed by atoms with Crippen LogP contribution in [0.1, 0.15) is 32.4 Å². The molecule has 2 aromatic rings. The Bertz CT molecular complexity index is 976. The summed E-state index contributed by atoms with van der Waals surface area (Å²) < 4.78 is 42.7. The standard InChI is InChI=1S/C22H30N2O6S/c1-6-29-20-13-8-17(14-21(20)30-7-2)16(3)23-22(25)15-24(4)31(26,27)19-11-9-18(28-5)10-12-19/h8-14,16H,6-7,15H2,1-5H3,(H,23,25)/t16-/m1/s1. The Morgan fingerprint density at radius 1 is 1.03 bits per heavy atom. The van der Waals surface area contributed by atoms with Crippen molar-refractivity contribution in [1.29, 1.82) is 0 Å². The molecular weight excluding hydrogens is 420 g/mol. The summed E-state index contributed by atoms with van der Waals surface area (Å²) in [5, 5.41) is 2.83. The lowest BCUT2D eigenvalue weighted by atomic mass is 10.1. The van der Waals surface area contributed by atoms with Crippen LogP contribution in [0.5, 0.6) is 17.2 Å². The SMILES string of the molecule is CCOc1ccc([C@@H](C)NC(=O)CN(C)S(=O)(=O)c2ccc(OC)cc2)cc1OCC. The van der Waals surface area contributed by atoms with Crippen molar-refractivity contribution in [1.82, 2.24) is 9.62 Å². The Hall–Kier alpha value is -2.78. The van der Waals surface area contributed by atoms with Crippen molar-refractivity contribution in [3.63, 3.8) is 0 Å². The fourth-order valence-electron chi connectivity index (χ4n) is 2.92. The van der Waals surface area contributed by atoms with Crippen molar-refractivity contribution < 1.29 is 27.4 Å². The molecule has 1 N–H and O–H groups in total. The normalized spacial score (nSPS) is 12.3. The number of methoxy groups -OCH3 is 1. The van der Waals surface area contributed by atoms with E-state index in [1.54, 1.807) is 18.2 Å². The minimum absolute atomic E-state index is 0.0875. The van der Waals surface area contributed by atoms with Crippen molar-refractivity contribution in [3.8, 4) is 17.2 Å². The predicted molar refractivity (Wildman–Crippen MR) is 118 cm³/mol. The monoisotopic (exact) mass is 450 g/mol. The highest BCUT2D eigenvalue weighted by molar-refractivity contribution is 7.89. The largest absolute Gasteiger partial charge is 0.497 e. The molecule has 2 rings (SSSR count). The number of ether oxygens (including phenoxy) is 3. The smallest absolute Gasteiger partial charge is 0.243 e. The van der Waals surface area contributed by atoms with Crippen LogP contribution in [0.4, 0.5) is 0 Å². The molecule has 8 nitrogen and oxygen atoms in total. The highest BCUT2D eigenvalue weighted by atomic mass is 32.2. The summed E-state index contributed by atoms with van der Waals surface area (Å²) in [6, 6.07) is 11.1. The molecule has 0 aliphatic carbocycles. The molecule has 0 unspecified atom stereocenters. The maximum Gasteiger partial charge on any atom is 0.243 e. The third kappa shape index (κ3) is 6.35. The topological polar surface area (TPSA) is 94.2 Å². The Balaban J connectivity index is 2.06. The van der Waals surface area contributed by atoms with Crippen LogP contribution >= 0.6 is 0 Å². The molecule has 0 heterocycles. The number of rotatable bonds is 11. The van der Waals surface area contributed by atoms with Gasteiger partial charge in [0, 0.05) is 7.05 Å². The molecule has 0 bridgehead atoms. The van der Waals surface area contributed by atoms with E-state index in [1.165, 1.54) is 26.3 Å². The van der Waals surface area contributed by atoms with Crippen LogP contribution in [-0.4, -0.2) is 52.5 Å². The van der Waals surface area contributed by atoms with E-state index in [1.807, 2.05) is 32.9 Å². The van der Waals surface area contributed by atoms with E-state index in [0.717, 1.165) is 9.87 Å². The van der Waals surface area contributed by atoms with Gasteiger partial charge in [0.25, 0.3) is 0 Å². The molecule has 9 heteroatoms. The van der Waals surface area contributed by atoms with E-state index < -0.39 is 15.9 Å². The summed E-state index contributed by atoms with van der Waals surface area (Å²) in [5.74, 6) is 1.37. The van der Waals surface area contributed by atoms with Gasteiger partial charge in [0.15, 0.2) is 11.5 Å². The number of hydrogen-bond acceptors (Lipinski definition) is 6. The van der Waals surface area contributed by atoms with Gasteiger partial charge in [-0.2, -0.15) is 4.31 Å². The van der Waals surface area contributed by atoms with Crippen LogP contribution in [0, 0.1) is 0 Å². The van der Waals surface area contributed by atoms with Crippen LogP contribution in [0.2, 0.25) is 0 Å². The zero-order valence-corrected chi connectivity index (χ0v) is 19.4. The van der Waals surface area contributed by atoms with Crippen LogP contribution in [0.15, 0.2) is 47.4 Å². The lowest BCUT2D eigenvalue weighted by Crippen LogP contribution is -2.39. The highest BCUT2D eigenvalue weighted by Crippen LogP contribution is 2.30. The van der Waals surface area contributed by atoms with Crippen molar-refractivity contribution >= 4 is 15.9 Å². The molecule has 0 radical (unpaired) electrons. The lowest BCUT2D eigenvalue weighted by Gasteiger charge is -2.20. The second-order valence-electron chi connectivity index (χ2n) is 6.80. The molecule has 0 fully saturated rings. The number of likely N-dealkylation sites (N-methyl/N-ethyl adjacent to an activating group) is 1. The van der Waals surface area contributed by atoms with Gasteiger partial charge in [-0.05, 0) is 62.7 Å². The first-order valence-corrected chi connectivity index (χ1v) is 11.5. The van der Waals surface area contributed by atoms with Crippen molar-refractivity contribution in [2.24, 2.45) is 0 Å². The van der Waals surface area contributed by atoms with Gasteiger partial charge in [0.05, 0.1) is 37.8 Å². The predicted octanol–water partition coefficient (Wildman–Crippen LogP) is 2.99. The summed E-state index contributed by atoms with van der Waals surface area (Å²) >= 11 is 0. The minimum Gasteiger partial charge on any atom is -0.497 e.